The van der Waals surface area contributed by atoms with Gasteiger partial charge in [-0.1, -0.05) is 18.7 Å². The Morgan fingerprint density at radius 1 is 1.46 bits per heavy atom. The van der Waals surface area contributed by atoms with Crippen molar-refractivity contribution in [1.82, 2.24) is 4.98 Å². The third kappa shape index (κ3) is 1.55. The van der Waals surface area contributed by atoms with Gasteiger partial charge >= 0.3 is 0 Å². The average molecular weight is 209 g/mol. The largest absolute Gasteiger partial charge is 0.247 e. The molecule has 0 amide bonds. The highest BCUT2D eigenvalue weighted by atomic mass is 32.2. The molecule has 2 nitrogen and oxygen atoms in total. The number of hydrogen-bond donors (Lipinski definition) is 0. The maximum atomic E-state index is 11.3. The fraction of sp³-hybridized carbons (Fsp3) is 0. The highest BCUT2D eigenvalue weighted by Crippen LogP contribution is 2.23. The SMILES string of the molecule is C=C[S@@](=O)c1nc2ccccc2s1. The van der Waals surface area contributed by atoms with Crippen molar-refractivity contribution < 1.29 is 4.21 Å². The van der Waals surface area contributed by atoms with E-state index in [0.717, 1.165) is 10.2 Å². The lowest BCUT2D eigenvalue weighted by Crippen LogP contribution is -1.81. The zero-order valence-corrected chi connectivity index (χ0v) is 8.40. The van der Waals surface area contributed by atoms with Crippen LogP contribution >= 0.6 is 11.3 Å². The predicted octanol–water partition coefficient (Wildman–Crippen LogP) is 2.55. The predicted molar refractivity (Wildman–Crippen MR) is 56.2 cm³/mol. The maximum Gasteiger partial charge on any atom is 0.186 e. The van der Waals surface area contributed by atoms with E-state index in [2.05, 4.69) is 11.6 Å². The second-order valence-corrected chi connectivity index (χ2v) is 5.02. The molecule has 1 heterocycles. The summed E-state index contributed by atoms with van der Waals surface area (Å²) >= 11 is 1.45. The van der Waals surface area contributed by atoms with E-state index in [-0.39, 0.29) is 0 Å². The molecule has 13 heavy (non-hydrogen) atoms. The van der Waals surface area contributed by atoms with Crippen LogP contribution in [0.2, 0.25) is 0 Å². The lowest BCUT2D eigenvalue weighted by molar-refractivity contribution is 0.688. The highest BCUT2D eigenvalue weighted by Gasteiger charge is 2.06. The zero-order chi connectivity index (χ0) is 9.26. The minimum atomic E-state index is -1.15. The van der Waals surface area contributed by atoms with Gasteiger partial charge in [-0.2, -0.15) is 0 Å². The molecule has 4 heteroatoms. The Morgan fingerprint density at radius 2 is 2.23 bits per heavy atom. The number of fused-ring (bicyclic) bond motifs is 1. The summed E-state index contributed by atoms with van der Waals surface area (Å²) in [5, 5.41) is 1.40. The summed E-state index contributed by atoms with van der Waals surface area (Å²) in [5.74, 6) is 0. The summed E-state index contributed by atoms with van der Waals surface area (Å²) in [7, 11) is -1.15. The molecule has 1 aromatic heterocycles. The van der Waals surface area contributed by atoms with Gasteiger partial charge in [0, 0.05) is 5.41 Å². The van der Waals surface area contributed by atoms with E-state index >= 15 is 0 Å². The summed E-state index contributed by atoms with van der Waals surface area (Å²) in [6, 6.07) is 7.75. The molecule has 0 aliphatic heterocycles. The van der Waals surface area contributed by atoms with Crippen LogP contribution in [0, 0.1) is 0 Å². The summed E-state index contributed by atoms with van der Waals surface area (Å²) < 4.78 is 13.0. The Hall–Kier alpha value is -1.00. The maximum absolute atomic E-state index is 11.3. The molecule has 0 saturated heterocycles. The number of rotatable bonds is 2. The van der Waals surface area contributed by atoms with Crippen LogP contribution in [0.5, 0.6) is 0 Å². The summed E-state index contributed by atoms with van der Waals surface area (Å²) in [4.78, 5) is 4.23. The van der Waals surface area contributed by atoms with E-state index in [1.165, 1.54) is 16.7 Å². The van der Waals surface area contributed by atoms with E-state index in [9.17, 15) is 4.21 Å². The van der Waals surface area contributed by atoms with Gasteiger partial charge in [0.2, 0.25) is 0 Å². The molecule has 0 bridgehead atoms. The summed E-state index contributed by atoms with van der Waals surface area (Å²) in [6.45, 7) is 3.47. The Labute approximate surface area is 82.4 Å². The number of para-hydroxylation sites is 1. The fourth-order valence-electron chi connectivity index (χ4n) is 1.01. The first kappa shape index (κ1) is 8.59. The van der Waals surface area contributed by atoms with Crippen LogP contribution in [0.3, 0.4) is 0 Å². The lowest BCUT2D eigenvalue weighted by atomic mass is 10.3. The first-order valence-electron chi connectivity index (χ1n) is 3.70. The number of thiazole rings is 1. The van der Waals surface area contributed by atoms with Crippen molar-refractivity contribution >= 4 is 32.4 Å². The molecule has 1 aromatic carbocycles. The molecule has 1 atom stereocenters. The first-order valence-corrected chi connectivity index (χ1v) is 5.73. The zero-order valence-electron chi connectivity index (χ0n) is 6.77. The standard InChI is InChI=1S/C9H7NOS2/c1-2-13(11)9-10-7-5-3-4-6-8(7)12-9/h2-6H,1H2/t13-/m1/s1. The molecule has 0 aliphatic rings. The topological polar surface area (TPSA) is 30.0 Å². The average Bonchev–Trinajstić information content (AvgIpc) is 2.59. The third-order valence-corrected chi connectivity index (χ3v) is 3.91. The molecule has 0 unspecified atom stereocenters. The van der Waals surface area contributed by atoms with Gasteiger partial charge in [-0.25, -0.2) is 9.19 Å². The Kier molecular flexibility index (Phi) is 2.24. The van der Waals surface area contributed by atoms with Crippen LogP contribution in [0.4, 0.5) is 0 Å². The van der Waals surface area contributed by atoms with Crippen molar-refractivity contribution in [2.24, 2.45) is 0 Å². The molecular formula is C9H7NOS2. The van der Waals surface area contributed by atoms with Gasteiger partial charge < -0.3 is 0 Å². The van der Waals surface area contributed by atoms with Crippen LogP contribution in [0.25, 0.3) is 10.2 Å². The van der Waals surface area contributed by atoms with Crippen molar-refractivity contribution in [3.8, 4) is 0 Å². The van der Waals surface area contributed by atoms with Crippen LogP contribution in [-0.4, -0.2) is 9.19 Å². The van der Waals surface area contributed by atoms with Crippen LogP contribution in [0.15, 0.2) is 40.6 Å². The second-order valence-electron chi connectivity index (χ2n) is 2.41. The van der Waals surface area contributed by atoms with Crippen molar-refractivity contribution in [2.75, 3.05) is 0 Å². The van der Waals surface area contributed by atoms with Crippen LogP contribution in [-0.2, 0) is 10.8 Å². The molecule has 66 valence electrons. The van der Waals surface area contributed by atoms with Gasteiger partial charge in [0.1, 0.15) is 10.8 Å². The molecule has 0 spiro atoms. The summed E-state index contributed by atoms with van der Waals surface area (Å²) in [5.41, 5.74) is 0.901. The third-order valence-electron chi connectivity index (χ3n) is 1.60. The van der Waals surface area contributed by atoms with Crippen LogP contribution in [0.1, 0.15) is 0 Å². The molecule has 0 N–H and O–H groups in total. The Morgan fingerprint density at radius 3 is 2.92 bits per heavy atom. The van der Waals surface area contributed by atoms with Gasteiger partial charge in [-0.05, 0) is 12.1 Å². The molecule has 2 aromatic rings. The fourth-order valence-corrected chi connectivity index (χ4v) is 2.84. The number of nitrogens with zero attached hydrogens (tertiary/aromatic N) is 1. The van der Waals surface area contributed by atoms with Crippen LogP contribution < -0.4 is 0 Å². The minimum absolute atomic E-state index is 0.621. The van der Waals surface area contributed by atoms with Gasteiger partial charge in [-0.15, -0.1) is 11.3 Å². The normalized spacial score (nSPS) is 12.9. The number of hydrogen-bond acceptors (Lipinski definition) is 3. The van der Waals surface area contributed by atoms with Gasteiger partial charge in [0.15, 0.2) is 4.34 Å². The van der Waals surface area contributed by atoms with E-state index in [4.69, 9.17) is 0 Å². The monoisotopic (exact) mass is 209 g/mol. The molecule has 0 radical (unpaired) electrons. The van der Waals surface area contributed by atoms with Gasteiger partial charge in [0.25, 0.3) is 0 Å². The molecule has 0 saturated carbocycles. The minimum Gasteiger partial charge on any atom is -0.247 e. The quantitative estimate of drug-likeness (QED) is 0.760. The Bertz CT molecular complexity index is 442. The molecule has 0 aliphatic carbocycles. The van der Waals surface area contributed by atoms with Crippen molar-refractivity contribution in [1.29, 1.82) is 0 Å². The van der Waals surface area contributed by atoms with E-state index in [1.54, 1.807) is 0 Å². The molecule has 2 rings (SSSR count). The molecular weight excluding hydrogens is 202 g/mol. The second kappa shape index (κ2) is 3.40. The first-order chi connectivity index (χ1) is 6.31. The van der Waals surface area contributed by atoms with E-state index < -0.39 is 10.8 Å². The van der Waals surface area contributed by atoms with Crippen molar-refractivity contribution in [3.63, 3.8) is 0 Å². The van der Waals surface area contributed by atoms with Crippen molar-refractivity contribution in [2.45, 2.75) is 4.34 Å². The molecule has 0 fully saturated rings. The highest BCUT2D eigenvalue weighted by molar-refractivity contribution is 7.90. The number of benzene rings is 1. The van der Waals surface area contributed by atoms with E-state index in [0.29, 0.717) is 4.34 Å². The van der Waals surface area contributed by atoms with Crippen molar-refractivity contribution in [3.05, 3.63) is 36.3 Å². The Balaban J connectivity index is 2.62. The summed E-state index contributed by atoms with van der Waals surface area (Å²) in [6.07, 6.45) is 0. The lowest BCUT2D eigenvalue weighted by Gasteiger charge is -1.83. The van der Waals surface area contributed by atoms with Gasteiger partial charge in [-0.3, -0.25) is 0 Å². The van der Waals surface area contributed by atoms with Gasteiger partial charge in [0.05, 0.1) is 10.2 Å². The van der Waals surface area contributed by atoms with E-state index in [1.807, 2.05) is 24.3 Å². The smallest absolute Gasteiger partial charge is 0.186 e. The number of aromatic nitrogens is 1.